The Morgan fingerprint density at radius 3 is 1.62 bits per heavy atom. The Labute approximate surface area is 90.1 Å². The third kappa shape index (κ3) is 10.6. The van der Waals surface area contributed by atoms with Crippen LogP contribution in [0, 0.1) is 5.92 Å². The van der Waals surface area contributed by atoms with Gasteiger partial charge in [0.15, 0.2) is 0 Å². The van der Waals surface area contributed by atoms with E-state index in [1.54, 1.807) is 13.8 Å². The molecule has 0 aromatic carbocycles. The average molecular weight is 293 g/mol. The van der Waals surface area contributed by atoms with Crippen LogP contribution in [0.4, 0.5) is 0 Å². The molecule has 5 nitrogen and oxygen atoms in total. The predicted octanol–water partition coefficient (Wildman–Crippen LogP) is -0.898. The summed E-state index contributed by atoms with van der Waals surface area (Å²) in [6, 6.07) is 0.142. The summed E-state index contributed by atoms with van der Waals surface area (Å²) in [5, 5.41) is 0. The lowest BCUT2D eigenvalue weighted by molar-refractivity contribution is 0.226. The molecular weight excluding hydrogens is 276 g/mol. The fourth-order valence-electron chi connectivity index (χ4n) is 1.11. The van der Waals surface area contributed by atoms with Crippen LogP contribution in [-0.4, -0.2) is 41.3 Å². The summed E-state index contributed by atoms with van der Waals surface area (Å²) in [7, 11) is -7.89. The van der Waals surface area contributed by atoms with Crippen LogP contribution in [0.15, 0.2) is 0 Å². The molecule has 0 radical (unpaired) electrons. The summed E-state index contributed by atoms with van der Waals surface area (Å²) in [5.41, 5.74) is -0.627. The Balaban J connectivity index is 0. The topological polar surface area (TPSA) is 101 Å². The first-order chi connectivity index (χ1) is 5.12. The highest BCUT2D eigenvalue weighted by molar-refractivity contribution is 8.93. The fraction of sp³-hybridized carbons (Fsp3) is 1.00. The number of rotatable bonds is 4. The minimum atomic E-state index is -4.30. The van der Waals surface area contributed by atoms with E-state index in [-0.39, 0.29) is 28.9 Å². The van der Waals surface area contributed by atoms with Crippen molar-refractivity contribution in [3.05, 3.63) is 0 Å². The second-order valence-electron chi connectivity index (χ2n) is 3.53. The van der Waals surface area contributed by atoms with E-state index in [2.05, 4.69) is 0 Å². The molecule has 0 atom stereocenters. The van der Waals surface area contributed by atoms with E-state index in [1.165, 1.54) is 0 Å². The fourth-order valence-corrected chi connectivity index (χ4v) is 6.03. The van der Waals surface area contributed by atoms with Crippen molar-refractivity contribution in [2.75, 3.05) is 0 Å². The molecule has 0 saturated carbocycles. The molecule has 0 aromatic heterocycles. The number of hydrogen-bond acceptors (Lipinski definition) is 5. The van der Waals surface area contributed by atoms with Gasteiger partial charge in [-0.1, -0.05) is 13.8 Å². The molecule has 0 heterocycles. The van der Waals surface area contributed by atoms with E-state index in [4.69, 9.17) is 14.4 Å². The van der Waals surface area contributed by atoms with Crippen LogP contribution >= 0.6 is 17.0 Å². The molecule has 0 aromatic rings. The minimum Gasteiger partial charge on any atom is -0.411 e. The van der Waals surface area contributed by atoms with Gasteiger partial charge in [0, 0.05) is 0 Å². The highest BCUT2D eigenvalue weighted by Crippen LogP contribution is 2.18. The molecule has 0 amide bonds. The summed E-state index contributed by atoms with van der Waals surface area (Å²) in [5.74, 6) is 0.0722. The van der Waals surface area contributed by atoms with Crippen LogP contribution in [0.25, 0.3) is 0 Å². The van der Waals surface area contributed by atoms with E-state index >= 15 is 0 Å². The third-order valence-corrected chi connectivity index (χ3v) is 6.89. The van der Waals surface area contributed by atoms with E-state index in [0.717, 1.165) is 0 Å². The Morgan fingerprint density at radius 2 is 1.38 bits per heavy atom. The first kappa shape index (κ1) is 16.2. The zero-order valence-electron chi connectivity index (χ0n) is 7.64. The van der Waals surface area contributed by atoms with Crippen LogP contribution in [0.1, 0.15) is 13.8 Å². The van der Waals surface area contributed by atoms with Gasteiger partial charge in [-0.05, 0) is 12.0 Å². The molecule has 0 bridgehead atoms. The third-order valence-electron chi connectivity index (χ3n) is 1.26. The molecule has 0 aliphatic carbocycles. The van der Waals surface area contributed by atoms with Crippen LogP contribution in [0.3, 0.4) is 0 Å². The van der Waals surface area contributed by atoms with Crippen molar-refractivity contribution in [1.82, 2.24) is 0 Å². The van der Waals surface area contributed by atoms with Crippen molar-refractivity contribution in [2.45, 2.75) is 25.6 Å². The second kappa shape index (κ2) is 5.56. The Hall–Kier alpha value is 0.714. The zero-order chi connectivity index (χ0) is 9.99. The summed E-state index contributed by atoms with van der Waals surface area (Å²) < 4.78 is 0. The molecule has 82 valence electrons. The van der Waals surface area contributed by atoms with Gasteiger partial charge in [-0.15, -0.1) is 17.0 Å². The molecule has 0 fully saturated rings. The zero-order valence-corrected chi connectivity index (χ0v) is 11.3. The van der Waals surface area contributed by atoms with Gasteiger partial charge in [0.25, 0.3) is 0 Å². The van der Waals surface area contributed by atoms with Gasteiger partial charge in [0.1, 0.15) is 0 Å². The van der Waals surface area contributed by atoms with Crippen LogP contribution in [0.5, 0.6) is 0 Å². The Kier molecular flexibility index (Phi) is 6.91. The predicted molar refractivity (Wildman–Crippen MR) is 57.4 cm³/mol. The lowest BCUT2D eigenvalue weighted by atomic mass is 10.3. The molecule has 5 N–H and O–H groups in total. The Morgan fingerprint density at radius 1 is 1.00 bits per heavy atom. The molecule has 8 heteroatoms. The quantitative estimate of drug-likeness (QED) is 0.433. The van der Waals surface area contributed by atoms with Crippen molar-refractivity contribution < 1.29 is 24.0 Å². The lowest BCUT2D eigenvalue weighted by Gasteiger charge is -2.22. The molecule has 0 aliphatic heterocycles. The standard InChI is InChI=1S/C5H16O5Si2.BrH/c1-5(2)3-11(6,7)4-12(8,9)10;/h5-10H,3-4H2,1-2H3;1H. The van der Waals surface area contributed by atoms with E-state index in [9.17, 15) is 9.59 Å². The molecule has 13 heavy (non-hydrogen) atoms. The molecule has 0 rings (SSSR count). The minimum absolute atomic E-state index is 0. The van der Waals surface area contributed by atoms with Crippen LogP contribution in [-0.2, 0) is 0 Å². The Bertz CT molecular complexity index is 146. The first-order valence-corrected chi connectivity index (χ1v) is 8.10. The maximum Gasteiger partial charge on any atom is 0.494 e. The van der Waals surface area contributed by atoms with Crippen molar-refractivity contribution in [3.63, 3.8) is 0 Å². The molecule has 0 spiro atoms. The highest BCUT2D eigenvalue weighted by Gasteiger charge is 2.43. The summed E-state index contributed by atoms with van der Waals surface area (Å²) >= 11 is 0. The lowest BCUT2D eigenvalue weighted by Crippen LogP contribution is -2.49. The normalized spacial score (nSPS) is 12.9. The summed E-state index contributed by atoms with van der Waals surface area (Å²) in [6.07, 6.45) is 0. The monoisotopic (exact) mass is 292 g/mol. The van der Waals surface area contributed by atoms with Gasteiger partial charge in [-0.2, -0.15) is 0 Å². The van der Waals surface area contributed by atoms with Crippen molar-refractivity contribution in [3.8, 4) is 0 Å². The van der Waals surface area contributed by atoms with E-state index < -0.39 is 23.0 Å². The van der Waals surface area contributed by atoms with Gasteiger partial charge in [-0.3, -0.25) is 0 Å². The van der Waals surface area contributed by atoms with Crippen molar-refractivity contribution >= 4 is 34.3 Å². The molecule has 0 saturated heterocycles. The van der Waals surface area contributed by atoms with Crippen LogP contribution < -0.4 is 0 Å². The summed E-state index contributed by atoms with van der Waals surface area (Å²) in [6.45, 7) is 3.59. The molecular formula is C5H17BrO5Si2. The smallest absolute Gasteiger partial charge is 0.411 e. The van der Waals surface area contributed by atoms with Crippen molar-refractivity contribution in [1.29, 1.82) is 0 Å². The van der Waals surface area contributed by atoms with Gasteiger partial charge < -0.3 is 24.0 Å². The second-order valence-corrected chi connectivity index (χ2v) is 8.87. The molecule has 0 unspecified atom stereocenters. The number of hydrogen-bond donors (Lipinski definition) is 5. The van der Waals surface area contributed by atoms with E-state index in [0.29, 0.717) is 0 Å². The largest absolute Gasteiger partial charge is 0.494 e. The SMILES string of the molecule is Br.CC(C)C[Si](O)(O)C[Si](O)(O)O. The van der Waals surface area contributed by atoms with Crippen LogP contribution in [0.2, 0.25) is 11.7 Å². The van der Waals surface area contributed by atoms with E-state index in [1.807, 2.05) is 0 Å². The highest BCUT2D eigenvalue weighted by atomic mass is 79.9. The summed E-state index contributed by atoms with van der Waals surface area (Å²) in [4.78, 5) is 44.4. The van der Waals surface area contributed by atoms with Gasteiger partial charge >= 0.3 is 17.4 Å². The maximum absolute atomic E-state index is 9.27. The maximum atomic E-state index is 9.27. The van der Waals surface area contributed by atoms with Crippen molar-refractivity contribution in [2.24, 2.45) is 5.92 Å². The first-order valence-electron chi connectivity index (χ1n) is 3.74. The number of halogens is 1. The van der Waals surface area contributed by atoms with Gasteiger partial charge in [0.2, 0.25) is 0 Å². The van der Waals surface area contributed by atoms with Gasteiger partial charge in [-0.25, -0.2) is 0 Å². The van der Waals surface area contributed by atoms with Gasteiger partial charge in [0.05, 0.1) is 5.67 Å². The molecule has 0 aliphatic rings. The average Bonchev–Trinajstić information content (AvgIpc) is 1.48.